The van der Waals surface area contributed by atoms with Gasteiger partial charge in [-0.2, -0.15) is 0 Å². The minimum atomic E-state index is -1.05. The number of hydrogen-bond donors (Lipinski definition) is 2. The highest BCUT2D eigenvalue weighted by Gasteiger charge is 2.34. The second kappa shape index (κ2) is 13.3. The maximum Gasteiger partial charge on any atom is 0.410 e. The number of rotatable bonds is 12. The van der Waals surface area contributed by atoms with Gasteiger partial charge in [-0.25, -0.2) is 9.59 Å². The lowest BCUT2D eigenvalue weighted by atomic mass is 9.92. The van der Waals surface area contributed by atoms with Crippen molar-refractivity contribution in [1.29, 1.82) is 0 Å². The van der Waals surface area contributed by atoms with E-state index in [1.807, 2.05) is 72.8 Å². The standard InChI is InChI=1S/C35H36N2O4/c36-22-27(21-25-11-3-1-4-12-25)19-20-33(34(38)39)37(23-26-13-5-2-6-14-26)35(40)41-24-32-30-17-9-7-15-28(30)29-16-8-10-18-31(29)32/h1-18,27,32-33H,19-24,36H2,(H,38,39)/t27?,33-/m0/s1. The third-order valence-electron chi connectivity index (χ3n) is 7.98. The molecule has 1 aliphatic rings. The van der Waals surface area contributed by atoms with Gasteiger partial charge in [-0.1, -0.05) is 109 Å². The van der Waals surface area contributed by atoms with E-state index >= 15 is 0 Å². The molecule has 210 valence electrons. The van der Waals surface area contributed by atoms with E-state index in [1.54, 1.807) is 0 Å². The molecule has 0 spiro atoms. The van der Waals surface area contributed by atoms with Crippen molar-refractivity contribution in [3.63, 3.8) is 0 Å². The Hall–Kier alpha value is -4.42. The molecule has 0 heterocycles. The van der Waals surface area contributed by atoms with Gasteiger partial charge in [0.1, 0.15) is 12.6 Å². The predicted octanol–water partition coefficient (Wildman–Crippen LogP) is 6.49. The summed E-state index contributed by atoms with van der Waals surface area (Å²) in [5.41, 5.74) is 12.6. The summed E-state index contributed by atoms with van der Waals surface area (Å²) in [5.74, 6) is -1.06. The summed E-state index contributed by atoms with van der Waals surface area (Å²) in [6.45, 7) is 0.704. The normalized spacial score (nSPS) is 13.6. The Morgan fingerprint density at radius 2 is 1.29 bits per heavy atom. The molecule has 0 bridgehead atoms. The molecule has 5 rings (SSSR count). The van der Waals surface area contributed by atoms with Gasteiger partial charge in [0.05, 0.1) is 0 Å². The molecule has 0 fully saturated rings. The molecular weight excluding hydrogens is 512 g/mol. The number of carbonyl (C=O) groups is 2. The predicted molar refractivity (Wildman–Crippen MR) is 160 cm³/mol. The van der Waals surface area contributed by atoms with E-state index in [9.17, 15) is 14.7 Å². The van der Waals surface area contributed by atoms with Gasteiger partial charge in [-0.15, -0.1) is 0 Å². The van der Waals surface area contributed by atoms with Crippen LogP contribution in [-0.4, -0.2) is 41.3 Å². The zero-order chi connectivity index (χ0) is 28.6. The summed E-state index contributed by atoms with van der Waals surface area (Å²) in [4.78, 5) is 27.7. The lowest BCUT2D eigenvalue weighted by Crippen LogP contribution is -2.45. The van der Waals surface area contributed by atoms with E-state index in [2.05, 4.69) is 36.4 Å². The number of aliphatic carboxylic acids is 1. The van der Waals surface area contributed by atoms with Crippen LogP contribution >= 0.6 is 0 Å². The second-order valence-electron chi connectivity index (χ2n) is 10.6. The van der Waals surface area contributed by atoms with Gasteiger partial charge in [0.2, 0.25) is 0 Å². The van der Waals surface area contributed by atoms with Crippen molar-refractivity contribution in [2.75, 3.05) is 13.2 Å². The van der Waals surface area contributed by atoms with Gasteiger partial charge < -0.3 is 15.6 Å². The second-order valence-corrected chi connectivity index (χ2v) is 10.6. The molecule has 4 aromatic carbocycles. The van der Waals surface area contributed by atoms with Gasteiger partial charge in [-0.05, 0) is 65.1 Å². The fourth-order valence-electron chi connectivity index (χ4n) is 5.82. The summed E-state index contributed by atoms with van der Waals surface area (Å²) in [5, 5.41) is 10.3. The van der Waals surface area contributed by atoms with Crippen molar-refractivity contribution in [2.45, 2.75) is 37.8 Å². The maximum absolute atomic E-state index is 13.7. The Labute approximate surface area is 241 Å². The minimum Gasteiger partial charge on any atom is -0.480 e. The van der Waals surface area contributed by atoms with Gasteiger partial charge in [0, 0.05) is 12.5 Å². The van der Waals surface area contributed by atoms with E-state index in [4.69, 9.17) is 10.5 Å². The van der Waals surface area contributed by atoms with E-state index < -0.39 is 18.1 Å². The number of nitrogens with zero attached hydrogens (tertiary/aromatic N) is 1. The zero-order valence-electron chi connectivity index (χ0n) is 23.1. The third-order valence-corrected chi connectivity index (χ3v) is 7.98. The van der Waals surface area contributed by atoms with Crippen LogP contribution in [0, 0.1) is 5.92 Å². The molecule has 0 aliphatic heterocycles. The number of fused-ring (bicyclic) bond motifs is 3. The average molecular weight is 549 g/mol. The topological polar surface area (TPSA) is 92.9 Å². The van der Waals surface area contributed by atoms with Crippen molar-refractivity contribution < 1.29 is 19.4 Å². The number of carboxylic acids is 1. The summed E-state index contributed by atoms with van der Waals surface area (Å²) in [6, 6.07) is 34.7. The van der Waals surface area contributed by atoms with Gasteiger partial charge >= 0.3 is 12.1 Å². The van der Waals surface area contributed by atoms with Crippen molar-refractivity contribution in [2.24, 2.45) is 11.7 Å². The Kier molecular flexibility index (Phi) is 9.12. The quantitative estimate of drug-likeness (QED) is 0.211. The van der Waals surface area contributed by atoms with E-state index in [-0.39, 0.29) is 31.4 Å². The van der Waals surface area contributed by atoms with Crippen LogP contribution < -0.4 is 5.73 Å². The molecule has 1 amide bonds. The molecule has 0 saturated carbocycles. The molecule has 41 heavy (non-hydrogen) atoms. The van der Waals surface area contributed by atoms with Crippen LogP contribution in [-0.2, 0) is 22.5 Å². The summed E-state index contributed by atoms with van der Waals surface area (Å²) in [6.07, 6.45) is 0.981. The van der Waals surface area contributed by atoms with Crippen LogP contribution in [0.25, 0.3) is 11.1 Å². The third kappa shape index (κ3) is 6.67. The number of carbonyl (C=O) groups excluding carboxylic acids is 1. The van der Waals surface area contributed by atoms with Gasteiger partial charge in [0.25, 0.3) is 0 Å². The van der Waals surface area contributed by atoms with E-state index in [0.29, 0.717) is 13.0 Å². The minimum absolute atomic E-state index is 0.0975. The molecule has 3 N–H and O–H groups in total. The van der Waals surface area contributed by atoms with Crippen LogP contribution in [0.15, 0.2) is 109 Å². The first-order valence-electron chi connectivity index (χ1n) is 14.2. The molecule has 2 atom stereocenters. The number of ether oxygens (including phenoxy) is 1. The number of carboxylic acid groups (broad SMARTS) is 1. The highest BCUT2D eigenvalue weighted by molar-refractivity contribution is 5.81. The van der Waals surface area contributed by atoms with Gasteiger partial charge in [-0.3, -0.25) is 4.90 Å². The van der Waals surface area contributed by atoms with Crippen molar-refractivity contribution in [1.82, 2.24) is 4.90 Å². The van der Waals surface area contributed by atoms with Crippen LogP contribution in [0.3, 0.4) is 0 Å². The largest absolute Gasteiger partial charge is 0.480 e. The van der Waals surface area contributed by atoms with Gasteiger partial charge in [0.15, 0.2) is 0 Å². The molecule has 6 nitrogen and oxygen atoms in total. The molecule has 1 unspecified atom stereocenters. The SMILES string of the molecule is NCC(CC[C@@H](C(=O)O)N(Cc1ccccc1)C(=O)OCC1c2ccccc2-c2ccccc21)Cc1ccccc1. The Morgan fingerprint density at radius 1 is 0.756 bits per heavy atom. The first kappa shape index (κ1) is 28.1. The molecule has 6 heteroatoms. The van der Waals surface area contributed by atoms with Crippen LogP contribution in [0.5, 0.6) is 0 Å². The van der Waals surface area contributed by atoms with E-state index in [1.165, 1.54) is 4.90 Å². The lowest BCUT2D eigenvalue weighted by Gasteiger charge is -2.30. The molecular formula is C35H36N2O4. The number of amides is 1. The molecule has 0 saturated heterocycles. The molecule has 0 aromatic heterocycles. The first-order chi connectivity index (χ1) is 20.0. The highest BCUT2D eigenvalue weighted by Crippen LogP contribution is 2.44. The summed E-state index contributed by atoms with van der Waals surface area (Å²) in [7, 11) is 0. The van der Waals surface area contributed by atoms with Crippen LogP contribution in [0.1, 0.15) is 41.0 Å². The Morgan fingerprint density at radius 3 is 1.85 bits per heavy atom. The summed E-state index contributed by atoms with van der Waals surface area (Å²) < 4.78 is 5.93. The van der Waals surface area contributed by atoms with Crippen LogP contribution in [0.2, 0.25) is 0 Å². The lowest BCUT2D eigenvalue weighted by molar-refractivity contribution is -0.143. The number of benzene rings is 4. The zero-order valence-corrected chi connectivity index (χ0v) is 23.1. The maximum atomic E-state index is 13.7. The number of nitrogens with two attached hydrogens (primary N) is 1. The van der Waals surface area contributed by atoms with Crippen molar-refractivity contribution >= 4 is 12.1 Å². The monoisotopic (exact) mass is 548 g/mol. The van der Waals surface area contributed by atoms with E-state index in [0.717, 1.165) is 39.8 Å². The number of hydrogen-bond acceptors (Lipinski definition) is 4. The smallest absolute Gasteiger partial charge is 0.410 e. The van der Waals surface area contributed by atoms with Crippen molar-refractivity contribution in [3.05, 3.63) is 131 Å². The fourth-order valence-corrected chi connectivity index (χ4v) is 5.82. The highest BCUT2D eigenvalue weighted by atomic mass is 16.6. The molecule has 1 aliphatic carbocycles. The Bertz CT molecular complexity index is 1410. The van der Waals surface area contributed by atoms with Crippen molar-refractivity contribution in [3.8, 4) is 11.1 Å². The first-order valence-corrected chi connectivity index (χ1v) is 14.2. The fraction of sp³-hybridized carbons (Fsp3) is 0.257. The average Bonchev–Trinajstić information content (AvgIpc) is 3.33. The summed E-state index contributed by atoms with van der Waals surface area (Å²) >= 11 is 0. The molecule has 4 aromatic rings. The molecule has 0 radical (unpaired) electrons. The Balaban J connectivity index is 1.34. The van der Waals surface area contributed by atoms with Crippen LogP contribution in [0.4, 0.5) is 4.79 Å².